The molecular formula is C16H20OSi. The van der Waals surface area contributed by atoms with Crippen molar-refractivity contribution >= 4 is 9.76 Å². The molecule has 94 valence electrons. The SMILES string of the molecule is O[SiH2]CCCC(c1ccccc1)c1ccccc1. The van der Waals surface area contributed by atoms with Gasteiger partial charge in [-0.3, -0.25) is 0 Å². The van der Waals surface area contributed by atoms with Gasteiger partial charge >= 0.3 is 0 Å². The van der Waals surface area contributed by atoms with Crippen LogP contribution in [0.15, 0.2) is 60.7 Å². The molecule has 1 N–H and O–H groups in total. The summed E-state index contributed by atoms with van der Waals surface area (Å²) >= 11 is 0. The zero-order valence-electron chi connectivity index (χ0n) is 10.6. The standard InChI is InChI=1S/C16H20OSi/c17-18-13-7-12-16(14-8-3-1-4-9-14)15-10-5-2-6-11-15/h1-6,8-11,16-17H,7,12-13,18H2. The summed E-state index contributed by atoms with van der Waals surface area (Å²) in [6.45, 7) is 0. The van der Waals surface area contributed by atoms with Crippen LogP contribution in [0.3, 0.4) is 0 Å². The van der Waals surface area contributed by atoms with E-state index in [4.69, 9.17) is 4.80 Å². The predicted octanol–water partition coefficient (Wildman–Crippen LogP) is 3.09. The smallest absolute Gasteiger partial charge is 0.156 e. The predicted molar refractivity (Wildman–Crippen MR) is 79.5 cm³/mol. The van der Waals surface area contributed by atoms with Crippen LogP contribution in [-0.2, 0) is 0 Å². The van der Waals surface area contributed by atoms with E-state index in [0.29, 0.717) is 5.92 Å². The van der Waals surface area contributed by atoms with Gasteiger partial charge in [0.2, 0.25) is 0 Å². The first kappa shape index (κ1) is 13.1. The van der Waals surface area contributed by atoms with Gasteiger partial charge < -0.3 is 4.80 Å². The third-order valence-electron chi connectivity index (χ3n) is 3.30. The van der Waals surface area contributed by atoms with E-state index in [9.17, 15) is 0 Å². The number of rotatable bonds is 6. The van der Waals surface area contributed by atoms with Crippen LogP contribution in [0.1, 0.15) is 29.9 Å². The minimum atomic E-state index is -0.789. The molecule has 2 aromatic rings. The van der Waals surface area contributed by atoms with E-state index in [-0.39, 0.29) is 0 Å². The molecule has 0 heterocycles. The van der Waals surface area contributed by atoms with E-state index in [1.807, 2.05) is 0 Å². The molecule has 0 amide bonds. The topological polar surface area (TPSA) is 20.2 Å². The van der Waals surface area contributed by atoms with Gasteiger partial charge in [-0.25, -0.2) is 0 Å². The molecule has 0 unspecified atom stereocenters. The minimum Gasteiger partial charge on any atom is -0.438 e. The Morgan fingerprint density at radius 1 is 0.833 bits per heavy atom. The van der Waals surface area contributed by atoms with E-state index < -0.39 is 9.76 Å². The van der Waals surface area contributed by atoms with E-state index in [1.165, 1.54) is 11.1 Å². The van der Waals surface area contributed by atoms with Crippen LogP contribution >= 0.6 is 0 Å². The maximum absolute atomic E-state index is 9.06. The molecule has 1 nitrogen and oxygen atoms in total. The zero-order valence-corrected chi connectivity index (χ0v) is 12.0. The average Bonchev–Trinajstić information content (AvgIpc) is 2.46. The molecule has 0 aliphatic rings. The summed E-state index contributed by atoms with van der Waals surface area (Å²) in [7, 11) is -0.789. The van der Waals surface area contributed by atoms with Gasteiger partial charge in [0.1, 0.15) is 0 Å². The molecule has 0 bridgehead atoms. The summed E-state index contributed by atoms with van der Waals surface area (Å²) in [6.07, 6.45) is 2.25. The van der Waals surface area contributed by atoms with Crippen LogP contribution < -0.4 is 0 Å². The van der Waals surface area contributed by atoms with E-state index >= 15 is 0 Å². The Hall–Kier alpha value is -1.38. The highest BCUT2D eigenvalue weighted by molar-refractivity contribution is 6.25. The molecule has 0 spiro atoms. The summed E-state index contributed by atoms with van der Waals surface area (Å²) < 4.78 is 0. The molecule has 2 rings (SSSR count). The van der Waals surface area contributed by atoms with Gasteiger partial charge in [0, 0.05) is 5.92 Å². The molecule has 0 aliphatic heterocycles. The monoisotopic (exact) mass is 256 g/mol. The largest absolute Gasteiger partial charge is 0.438 e. The number of hydrogen-bond donors (Lipinski definition) is 1. The van der Waals surface area contributed by atoms with Gasteiger partial charge in [0.15, 0.2) is 9.76 Å². The highest BCUT2D eigenvalue weighted by atomic mass is 28.2. The second kappa shape index (κ2) is 7.14. The van der Waals surface area contributed by atoms with Gasteiger partial charge in [0.05, 0.1) is 0 Å². The molecule has 18 heavy (non-hydrogen) atoms. The Morgan fingerprint density at radius 3 is 1.78 bits per heavy atom. The minimum absolute atomic E-state index is 0.466. The lowest BCUT2D eigenvalue weighted by molar-refractivity contribution is 0.588. The first-order valence-corrected chi connectivity index (χ1v) is 8.26. The molecule has 2 aromatic carbocycles. The van der Waals surface area contributed by atoms with Crippen LogP contribution in [0.5, 0.6) is 0 Å². The van der Waals surface area contributed by atoms with Crippen LogP contribution in [0, 0.1) is 0 Å². The van der Waals surface area contributed by atoms with Crippen molar-refractivity contribution in [2.24, 2.45) is 0 Å². The van der Waals surface area contributed by atoms with E-state index in [0.717, 1.165) is 18.9 Å². The summed E-state index contributed by atoms with van der Waals surface area (Å²) in [4.78, 5) is 9.06. The van der Waals surface area contributed by atoms with E-state index in [1.54, 1.807) is 0 Å². The van der Waals surface area contributed by atoms with Crippen LogP contribution in [0.25, 0.3) is 0 Å². The second-order valence-electron chi connectivity index (χ2n) is 4.59. The Balaban J connectivity index is 2.18. The fraction of sp³-hybridized carbons (Fsp3) is 0.250. The van der Waals surface area contributed by atoms with Crippen LogP contribution in [-0.4, -0.2) is 14.6 Å². The Labute approximate surface area is 111 Å². The molecular weight excluding hydrogens is 236 g/mol. The maximum Gasteiger partial charge on any atom is 0.156 e. The first-order chi connectivity index (χ1) is 8.92. The molecule has 0 saturated heterocycles. The number of benzene rings is 2. The van der Waals surface area contributed by atoms with Crippen LogP contribution in [0.4, 0.5) is 0 Å². The fourth-order valence-corrected chi connectivity index (χ4v) is 2.87. The Morgan fingerprint density at radius 2 is 1.33 bits per heavy atom. The molecule has 0 radical (unpaired) electrons. The van der Waals surface area contributed by atoms with Gasteiger partial charge in [0.25, 0.3) is 0 Å². The first-order valence-electron chi connectivity index (χ1n) is 6.62. The van der Waals surface area contributed by atoms with Gasteiger partial charge in [-0.15, -0.1) is 0 Å². The van der Waals surface area contributed by atoms with Crippen molar-refractivity contribution < 1.29 is 4.80 Å². The van der Waals surface area contributed by atoms with Crippen LogP contribution in [0.2, 0.25) is 6.04 Å². The van der Waals surface area contributed by atoms with Gasteiger partial charge in [-0.05, 0) is 23.6 Å². The van der Waals surface area contributed by atoms with Crippen molar-refractivity contribution in [3.05, 3.63) is 71.8 Å². The van der Waals surface area contributed by atoms with Crippen molar-refractivity contribution in [2.45, 2.75) is 24.8 Å². The summed E-state index contributed by atoms with van der Waals surface area (Å²) in [5, 5.41) is 0. The van der Waals surface area contributed by atoms with Crippen molar-refractivity contribution in [2.75, 3.05) is 0 Å². The third-order valence-corrected chi connectivity index (χ3v) is 4.12. The molecule has 2 heteroatoms. The molecule has 0 fully saturated rings. The molecule has 0 aromatic heterocycles. The normalized spacial score (nSPS) is 11.4. The Bertz CT molecular complexity index is 402. The highest BCUT2D eigenvalue weighted by Crippen LogP contribution is 2.29. The highest BCUT2D eigenvalue weighted by Gasteiger charge is 2.12. The van der Waals surface area contributed by atoms with Gasteiger partial charge in [-0.1, -0.05) is 67.1 Å². The van der Waals surface area contributed by atoms with Crippen molar-refractivity contribution in [1.82, 2.24) is 0 Å². The summed E-state index contributed by atoms with van der Waals surface area (Å²) in [5.41, 5.74) is 2.76. The zero-order chi connectivity index (χ0) is 12.6. The maximum atomic E-state index is 9.06. The summed E-state index contributed by atoms with van der Waals surface area (Å²) in [6, 6.07) is 22.4. The Kier molecular flexibility index (Phi) is 5.18. The molecule has 0 aliphatic carbocycles. The summed E-state index contributed by atoms with van der Waals surface area (Å²) in [5.74, 6) is 0.466. The van der Waals surface area contributed by atoms with Crippen molar-refractivity contribution in [3.8, 4) is 0 Å². The quantitative estimate of drug-likeness (QED) is 0.622. The lowest BCUT2D eigenvalue weighted by Crippen LogP contribution is -2.02. The fourth-order valence-electron chi connectivity index (χ4n) is 2.36. The number of hydrogen-bond acceptors (Lipinski definition) is 1. The lowest BCUT2D eigenvalue weighted by Gasteiger charge is -2.17. The van der Waals surface area contributed by atoms with Crippen molar-refractivity contribution in [1.29, 1.82) is 0 Å². The van der Waals surface area contributed by atoms with Gasteiger partial charge in [-0.2, -0.15) is 0 Å². The molecule has 0 saturated carbocycles. The molecule has 0 atom stereocenters. The second-order valence-corrected chi connectivity index (χ2v) is 5.75. The lowest BCUT2D eigenvalue weighted by atomic mass is 9.88. The van der Waals surface area contributed by atoms with E-state index in [2.05, 4.69) is 60.7 Å². The average molecular weight is 256 g/mol. The van der Waals surface area contributed by atoms with Crippen molar-refractivity contribution in [3.63, 3.8) is 0 Å². The third kappa shape index (κ3) is 3.55.